The van der Waals surface area contributed by atoms with Gasteiger partial charge in [0.15, 0.2) is 0 Å². The van der Waals surface area contributed by atoms with Crippen LogP contribution in [0.1, 0.15) is 5.56 Å². The predicted octanol–water partition coefficient (Wildman–Crippen LogP) is 2.96. The predicted molar refractivity (Wildman–Crippen MR) is 70.8 cm³/mol. The first-order valence-electron chi connectivity index (χ1n) is 5.16. The lowest BCUT2D eigenvalue weighted by molar-refractivity contribution is -0.115. The molecule has 0 bridgehead atoms. The second-order valence-electron chi connectivity index (χ2n) is 3.53. The number of amides is 1. The smallest absolute Gasteiger partial charge is 0.231 e. The average molecular weight is 282 g/mol. The fourth-order valence-corrected chi connectivity index (χ4v) is 1.85. The van der Waals surface area contributed by atoms with Crippen molar-refractivity contribution < 1.29 is 4.79 Å². The van der Waals surface area contributed by atoms with Crippen molar-refractivity contribution in [2.45, 2.75) is 6.42 Å². The first-order chi connectivity index (χ1) is 8.65. The van der Waals surface area contributed by atoms with Gasteiger partial charge in [-0.15, -0.1) is 0 Å². The van der Waals surface area contributed by atoms with Crippen molar-refractivity contribution in [2.75, 3.05) is 5.32 Å². The molecule has 92 valence electrons. The second kappa shape index (κ2) is 5.80. The van der Waals surface area contributed by atoms with Gasteiger partial charge in [0.2, 0.25) is 11.9 Å². The number of nitrogens with zero attached hydrogens (tertiary/aromatic N) is 2. The minimum Gasteiger partial charge on any atom is -0.294 e. The van der Waals surface area contributed by atoms with Gasteiger partial charge in [0.05, 0.1) is 6.42 Å². The molecule has 4 nitrogen and oxygen atoms in total. The summed E-state index contributed by atoms with van der Waals surface area (Å²) in [5.41, 5.74) is 0.703. The maximum atomic E-state index is 11.7. The highest BCUT2D eigenvalue weighted by molar-refractivity contribution is 6.35. The molecule has 0 saturated heterocycles. The van der Waals surface area contributed by atoms with Crippen LogP contribution in [0.5, 0.6) is 0 Å². The zero-order chi connectivity index (χ0) is 13.0. The molecule has 0 atom stereocenters. The fourth-order valence-electron chi connectivity index (χ4n) is 1.37. The Labute approximate surface area is 114 Å². The molecule has 0 unspecified atom stereocenters. The summed E-state index contributed by atoms with van der Waals surface area (Å²) >= 11 is 11.8. The molecule has 2 aromatic rings. The van der Waals surface area contributed by atoms with Crippen molar-refractivity contribution in [3.63, 3.8) is 0 Å². The minimum absolute atomic E-state index is 0.147. The van der Waals surface area contributed by atoms with Gasteiger partial charge in [-0.3, -0.25) is 10.1 Å². The van der Waals surface area contributed by atoms with Crippen LogP contribution in [0, 0.1) is 0 Å². The van der Waals surface area contributed by atoms with Crippen molar-refractivity contribution in [2.24, 2.45) is 0 Å². The van der Waals surface area contributed by atoms with Gasteiger partial charge < -0.3 is 0 Å². The number of carbonyl (C=O) groups is 1. The Morgan fingerprint density at radius 2 is 1.94 bits per heavy atom. The first-order valence-corrected chi connectivity index (χ1v) is 5.91. The maximum absolute atomic E-state index is 11.7. The summed E-state index contributed by atoms with van der Waals surface area (Å²) in [5, 5.41) is 3.58. The molecular formula is C12H9Cl2N3O. The lowest BCUT2D eigenvalue weighted by atomic mass is 10.1. The third kappa shape index (κ3) is 3.42. The Hall–Kier alpha value is -1.65. The summed E-state index contributed by atoms with van der Waals surface area (Å²) in [5.74, 6) is 0.0398. The van der Waals surface area contributed by atoms with E-state index in [-0.39, 0.29) is 18.3 Å². The van der Waals surface area contributed by atoms with Crippen LogP contribution in [-0.4, -0.2) is 15.9 Å². The lowest BCUT2D eigenvalue weighted by Gasteiger charge is -2.05. The monoisotopic (exact) mass is 281 g/mol. The molecule has 1 aromatic heterocycles. The molecule has 2 rings (SSSR count). The quantitative estimate of drug-likeness (QED) is 0.941. The molecule has 0 radical (unpaired) electrons. The number of rotatable bonds is 3. The van der Waals surface area contributed by atoms with Gasteiger partial charge in [0, 0.05) is 22.4 Å². The normalized spacial score (nSPS) is 10.1. The molecular weight excluding hydrogens is 273 g/mol. The number of hydrogen-bond acceptors (Lipinski definition) is 3. The number of nitrogens with one attached hydrogen (secondary N) is 1. The molecule has 0 aliphatic carbocycles. The SMILES string of the molecule is O=C(Cc1ccc(Cl)cc1Cl)Nc1ncccn1. The van der Waals surface area contributed by atoms with E-state index in [9.17, 15) is 4.79 Å². The number of aromatic nitrogens is 2. The summed E-state index contributed by atoms with van der Waals surface area (Å²) in [6, 6.07) is 6.68. The average Bonchev–Trinajstić information content (AvgIpc) is 2.34. The van der Waals surface area contributed by atoms with E-state index >= 15 is 0 Å². The van der Waals surface area contributed by atoms with Crippen LogP contribution < -0.4 is 5.32 Å². The zero-order valence-electron chi connectivity index (χ0n) is 9.23. The standard InChI is InChI=1S/C12H9Cl2N3O/c13-9-3-2-8(10(14)7-9)6-11(18)17-12-15-4-1-5-16-12/h1-5,7H,6H2,(H,15,16,17,18). The number of hydrogen-bond donors (Lipinski definition) is 1. The molecule has 0 saturated carbocycles. The van der Waals surface area contributed by atoms with Crippen molar-refractivity contribution in [3.05, 3.63) is 52.3 Å². The van der Waals surface area contributed by atoms with Crippen LogP contribution in [0.3, 0.4) is 0 Å². The van der Waals surface area contributed by atoms with E-state index in [4.69, 9.17) is 23.2 Å². The van der Waals surface area contributed by atoms with Gasteiger partial charge in [-0.25, -0.2) is 9.97 Å². The van der Waals surface area contributed by atoms with Crippen molar-refractivity contribution in [3.8, 4) is 0 Å². The molecule has 1 amide bonds. The highest BCUT2D eigenvalue weighted by Crippen LogP contribution is 2.21. The van der Waals surface area contributed by atoms with Gasteiger partial charge in [-0.2, -0.15) is 0 Å². The highest BCUT2D eigenvalue weighted by atomic mass is 35.5. The number of halogens is 2. The Morgan fingerprint density at radius 1 is 1.22 bits per heavy atom. The minimum atomic E-state index is -0.231. The molecule has 0 aliphatic heterocycles. The zero-order valence-corrected chi connectivity index (χ0v) is 10.7. The Kier molecular flexibility index (Phi) is 4.12. The molecule has 6 heteroatoms. The van der Waals surface area contributed by atoms with Gasteiger partial charge in [-0.1, -0.05) is 29.3 Å². The van der Waals surface area contributed by atoms with Crippen molar-refractivity contribution in [1.29, 1.82) is 0 Å². The van der Waals surface area contributed by atoms with Crippen LogP contribution in [0.2, 0.25) is 10.0 Å². The summed E-state index contributed by atoms with van der Waals surface area (Å²) in [6.45, 7) is 0. The van der Waals surface area contributed by atoms with Gasteiger partial charge in [-0.05, 0) is 23.8 Å². The number of benzene rings is 1. The van der Waals surface area contributed by atoms with E-state index in [1.54, 1.807) is 36.7 Å². The molecule has 1 N–H and O–H groups in total. The van der Waals surface area contributed by atoms with Crippen LogP contribution >= 0.6 is 23.2 Å². The molecule has 18 heavy (non-hydrogen) atoms. The Balaban J connectivity index is 2.03. The van der Waals surface area contributed by atoms with E-state index in [0.717, 1.165) is 0 Å². The first kappa shape index (κ1) is 12.8. The summed E-state index contributed by atoms with van der Waals surface area (Å²) in [4.78, 5) is 19.5. The lowest BCUT2D eigenvalue weighted by Crippen LogP contribution is -2.16. The van der Waals surface area contributed by atoms with Gasteiger partial charge in [0.25, 0.3) is 0 Å². The number of carbonyl (C=O) groups excluding carboxylic acids is 1. The largest absolute Gasteiger partial charge is 0.294 e. The third-order valence-electron chi connectivity index (χ3n) is 2.18. The fraction of sp³-hybridized carbons (Fsp3) is 0.0833. The van der Waals surface area contributed by atoms with E-state index in [1.165, 1.54) is 0 Å². The summed E-state index contributed by atoms with van der Waals surface area (Å²) in [6.07, 6.45) is 3.25. The molecule has 1 aromatic carbocycles. The van der Waals surface area contributed by atoms with E-state index in [2.05, 4.69) is 15.3 Å². The van der Waals surface area contributed by atoms with E-state index in [1.807, 2.05) is 0 Å². The summed E-state index contributed by atoms with van der Waals surface area (Å²) in [7, 11) is 0. The van der Waals surface area contributed by atoms with Crippen LogP contribution in [-0.2, 0) is 11.2 Å². The molecule has 0 spiro atoms. The molecule has 0 fully saturated rings. The third-order valence-corrected chi connectivity index (χ3v) is 2.77. The van der Waals surface area contributed by atoms with E-state index < -0.39 is 0 Å². The van der Waals surface area contributed by atoms with Crippen LogP contribution in [0.4, 0.5) is 5.95 Å². The van der Waals surface area contributed by atoms with Gasteiger partial charge >= 0.3 is 0 Å². The van der Waals surface area contributed by atoms with Crippen molar-refractivity contribution >= 4 is 35.1 Å². The Morgan fingerprint density at radius 3 is 2.61 bits per heavy atom. The van der Waals surface area contributed by atoms with Gasteiger partial charge in [0.1, 0.15) is 0 Å². The van der Waals surface area contributed by atoms with E-state index in [0.29, 0.717) is 15.6 Å². The summed E-state index contributed by atoms with van der Waals surface area (Å²) < 4.78 is 0. The van der Waals surface area contributed by atoms with Crippen molar-refractivity contribution in [1.82, 2.24) is 9.97 Å². The maximum Gasteiger partial charge on any atom is 0.231 e. The second-order valence-corrected chi connectivity index (χ2v) is 4.38. The Bertz CT molecular complexity index is 561. The topological polar surface area (TPSA) is 54.9 Å². The highest BCUT2D eigenvalue weighted by Gasteiger charge is 2.08. The van der Waals surface area contributed by atoms with Crippen LogP contribution in [0.25, 0.3) is 0 Å². The molecule has 0 aliphatic rings. The number of anilines is 1. The van der Waals surface area contributed by atoms with Crippen LogP contribution in [0.15, 0.2) is 36.7 Å². The molecule has 1 heterocycles.